The Labute approximate surface area is 170 Å². The van der Waals surface area contributed by atoms with Crippen LogP contribution in [0.4, 0.5) is 0 Å². The van der Waals surface area contributed by atoms with Gasteiger partial charge in [-0.1, -0.05) is 48.8 Å². The van der Waals surface area contributed by atoms with Crippen LogP contribution in [0.15, 0.2) is 69.9 Å². The Hall–Kier alpha value is -3.25. The number of nitrogens with zero attached hydrogens (tertiary/aromatic N) is 3. The second-order valence-corrected chi connectivity index (χ2v) is 7.43. The fraction of sp³-hybridized carbons (Fsp3) is 0.261. The summed E-state index contributed by atoms with van der Waals surface area (Å²) in [7, 11) is 0. The van der Waals surface area contributed by atoms with Gasteiger partial charge in [0.15, 0.2) is 0 Å². The Balaban J connectivity index is 1.46. The van der Waals surface area contributed by atoms with Crippen LogP contribution in [0.3, 0.4) is 0 Å². The van der Waals surface area contributed by atoms with E-state index in [0.717, 1.165) is 22.6 Å². The molecule has 0 fully saturated rings. The van der Waals surface area contributed by atoms with Crippen LogP contribution < -0.4 is 5.32 Å². The second kappa shape index (κ2) is 8.41. The van der Waals surface area contributed by atoms with Crippen molar-refractivity contribution in [3.05, 3.63) is 78.1 Å². The molecule has 0 saturated carbocycles. The lowest BCUT2D eigenvalue weighted by molar-refractivity contribution is 0.282. The number of pyridine rings is 1. The summed E-state index contributed by atoms with van der Waals surface area (Å²) >= 11 is 0. The summed E-state index contributed by atoms with van der Waals surface area (Å²) in [4.78, 5) is 8.60. The summed E-state index contributed by atoms with van der Waals surface area (Å²) in [5.74, 6) is 3.12. The maximum atomic E-state index is 6.01. The topological polar surface area (TPSA) is 77.0 Å². The maximum absolute atomic E-state index is 6.01. The van der Waals surface area contributed by atoms with Crippen molar-refractivity contribution in [2.75, 3.05) is 0 Å². The summed E-state index contributed by atoms with van der Waals surface area (Å²) in [6.07, 6.45) is 3.43. The SMILES string of the molecule is Cc1ccc(-c2ccc(CNC(c3nc(-c4ccncc4)no3)C(C)C)o2)cc1. The van der Waals surface area contributed by atoms with E-state index >= 15 is 0 Å². The highest BCUT2D eigenvalue weighted by atomic mass is 16.5. The lowest BCUT2D eigenvalue weighted by Crippen LogP contribution is -2.25. The molecule has 3 aromatic heterocycles. The van der Waals surface area contributed by atoms with Crippen molar-refractivity contribution in [2.24, 2.45) is 5.92 Å². The summed E-state index contributed by atoms with van der Waals surface area (Å²) in [5.41, 5.74) is 3.18. The molecule has 4 aromatic rings. The van der Waals surface area contributed by atoms with Crippen LogP contribution in [0.1, 0.15) is 37.1 Å². The normalized spacial score (nSPS) is 12.4. The molecule has 6 heteroatoms. The van der Waals surface area contributed by atoms with Crippen molar-refractivity contribution >= 4 is 0 Å². The Kier molecular flexibility index (Phi) is 5.53. The predicted octanol–water partition coefficient (Wildman–Crippen LogP) is 5.19. The van der Waals surface area contributed by atoms with Gasteiger partial charge in [-0.2, -0.15) is 4.98 Å². The van der Waals surface area contributed by atoms with Gasteiger partial charge in [0.25, 0.3) is 0 Å². The second-order valence-electron chi connectivity index (χ2n) is 7.43. The fourth-order valence-corrected chi connectivity index (χ4v) is 3.14. The van der Waals surface area contributed by atoms with E-state index < -0.39 is 0 Å². The molecule has 0 aliphatic heterocycles. The van der Waals surface area contributed by atoms with Crippen LogP contribution in [0, 0.1) is 12.8 Å². The number of nitrogens with one attached hydrogen (secondary N) is 1. The third kappa shape index (κ3) is 4.43. The monoisotopic (exact) mass is 388 g/mol. The Bertz CT molecular complexity index is 1050. The Morgan fingerprint density at radius 1 is 0.931 bits per heavy atom. The number of rotatable bonds is 7. The quantitative estimate of drug-likeness (QED) is 0.470. The van der Waals surface area contributed by atoms with Gasteiger partial charge >= 0.3 is 0 Å². The van der Waals surface area contributed by atoms with E-state index in [0.29, 0.717) is 18.3 Å². The van der Waals surface area contributed by atoms with E-state index in [1.165, 1.54) is 5.56 Å². The number of furan rings is 1. The molecule has 1 aromatic carbocycles. The first kappa shape index (κ1) is 19.1. The largest absolute Gasteiger partial charge is 0.460 e. The van der Waals surface area contributed by atoms with Crippen molar-refractivity contribution in [3.63, 3.8) is 0 Å². The average molecular weight is 388 g/mol. The molecule has 148 valence electrons. The first-order chi connectivity index (χ1) is 14.1. The van der Waals surface area contributed by atoms with Gasteiger partial charge in [-0.05, 0) is 37.1 Å². The number of aromatic nitrogens is 3. The summed E-state index contributed by atoms with van der Waals surface area (Å²) in [6.45, 7) is 6.88. The van der Waals surface area contributed by atoms with E-state index in [1.54, 1.807) is 12.4 Å². The summed E-state index contributed by atoms with van der Waals surface area (Å²) in [6, 6.07) is 16.0. The highest BCUT2D eigenvalue weighted by Crippen LogP contribution is 2.26. The van der Waals surface area contributed by atoms with Crippen molar-refractivity contribution < 1.29 is 8.94 Å². The van der Waals surface area contributed by atoms with E-state index in [4.69, 9.17) is 8.94 Å². The van der Waals surface area contributed by atoms with Gasteiger partial charge in [0.05, 0.1) is 12.6 Å². The number of aryl methyl sites for hydroxylation is 1. The van der Waals surface area contributed by atoms with Crippen LogP contribution in [0.5, 0.6) is 0 Å². The first-order valence-electron chi connectivity index (χ1n) is 9.73. The molecule has 1 atom stereocenters. The van der Waals surface area contributed by atoms with Gasteiger partial charge in [0, 0.05) is 23.5 Å². The highest BCUT2D eigenvalue weighted by molar-refractivity contribution is 5.57. The maximum Gasteiger partial charge on any atom is 0.244 e. The minimum Gasteiger partial charge on any atom is -0.460 e. The molecule has 0 spiro atoms. The van der Waals surface area contributed by atoms with Gasteiger partial charge < -0.3 is 8.94 Å². The predicted molar refractivity (Wildman–Crippen MR) is 111 cm³/mol. The van der Waals surface area contributed by atoms with Crippen molar-refractivity contribution in [3.8, 4) is 22.7 Å². The minimum atomic E-state index is -0.0778. The summed E-state index contributed by atoms with van der Waals surface area (Å²) < 4.78 is 11.6. The lowest BCUT2D eigenvalue weighted by atomic mass is 10.0. The molecule has 4 rings (SSSR count). The van der Waals surface area contributed by atoms with E-state index in [2.05, 4.69) is 65.5 Å². The molecule has 0 bridgehead atoms. The van der Waals surface area contributed by atoms with Gasteiger partial charge in [-0.15, -0.1) is 0 Å². The number of benzene rings is 1. The first-order valence-corrected chi connectivity index (χ1v) is 9.73. The van der Waals surface area contributed by atoms with E-state index in [1.807, 2.05) is 24.3 Å². The van der Waals surface area contributed by atoms with Gasteiger partial charge in [-0.25, -0.2) is 0 Å². The smallest absolute Gasteiger partial charge is 0.244 e. The van der Waals surface area contributed by atoms with Gasteiger partial charge in [0.1, 0.15) is 11.5 Å². The molecule has 6 nitrogen and oxygen atoms in total. The van der Waals surface area contributed by atoms with Crippen molar-refractivity contribution in [1.29, 1.82) is 0 Å². The molecule has 29 heavy (non-hydrogen) atoms. The molecule has 1 N–H and O–H groups in total. The number of hydrogen-bond donors (Lipinski definition) is 1. The van der Waals surface area contributed by atoms with Gasteiger partial charge in [-0.3, -0.25) is 10.3 Å². The average Bonchev–Trinajstić information content (AvgIpc) is 3.39. The van der Waals surface area contributed by atoms with Crippen LogP contribution in [-0.2, 0) is 6.54 Å². The molecular formula is C23H24N4O2. The zero-order valence-electron chi connectivity index (χ0n) is 16.8. The molecule has 0 saturated heterocycles. The van der Waals surface area contributed by atoms with Gasteiger partial charge in [0.2, 0.25) is 11.7 Å². The zero-order chi connectivity index (χ0) is 20.2. The Morgan fingerprint density at radius 2 is 1.69 bits per heavy atom. The molecule has 0 aliphatic rings. The number of hydrogen-bond acceptors (Lipinski definition) is 6. The van der Waals surface area contributed by atoms with Crippen molar-refractivity contribution in [2.45, 2.75) is 33.4 Å². The van der Waals surface area contributed by atoms with Crippen LogP contribution >= 0.6 is 0 Å². The van der Waals surface area contributed by atoms with E-state index in [-0.39, 0.29) is 12.0 Å². The standard InChI is InChI=1S/C23H24N4O2/c1-15(2)21(23-26-22(27-29-23)18-10-12-24-13-11-18)25-14-19-8-9-20(28-19)17-6-4-16(3)5-7-17/h4-13,15,21,25H,14H2,1-3H3. The summed E-state index contributed by atoms with van der Waals surface area (Å²) in [5, 5.41) is 7.61. The van der Waals surface area contributed by atoms with E-state index in [9.17, 15) is 0 Å². The fourth-order valence-electron chi connectivity index (χ4n) is 3.14. The van der Waals surface area contributed by atoms with Crippen LogP contribution in [0.2, 0.25) is 0 Å². The molecule has 0 amide bonds. The third-order valence-electron chi connectivity index (χ3n) is 4.81. The minimum absolute atomic E-state index is 0.0778. The molecule has 3 heterocycles. The molecule has 0 radical (unpaired) electrons. The zero-order valence-corrected chi connectivity index (χ0v) is 16.8. The lowest BCUT2D eigenvalue weighted by Gasteiger charge is -2.17. The highest BCUT2D eigenvalue weighted by Gasteiger charge is 2.23. The molecule has 0 aliphatic carbocycles. The third-order valence-corrected chi connectivity index (χ3v) is 4.81. The molecular weight excluding hydrogens is 364 g/mol. The Morgan fingerprint density at radius 3 is 2.41 bits per heavy atom. The van der Waals surface area contributed by atoms with Crippen LogP contribution in [0.25, 0.3) is 22.7 Å². The molecule has 1 unspecified atom stereocenters. The van der Waals surface area contributed by atoms with Crippen molar-refractivity contribution in [1.82, 2.24) is 20.4 Å². The van der Waals surface area contributed by atoms with Crippen LogP contribution in [-0.4, -0.2) is 15.1 Å².